The predicted octanol–water partition coefficient (Wildman–Crippen LogP) is 4.49. The van der Waals surface area contributed by atoms with Gasteiger partial charge in [0.05, 0.1) is 0 Å². The van der Waals surface area contributed by atoms with Crippen LogP contribution in [0.1, 0.15) is 50.7 Å². The van der Waals surface area contributed by atoms with Crippen LogP contribution in [0.25, 0.3) is 11.1 Å². The lowest BCUT2D eigenvalue weighted by molar-refractivity contribution is -0.142. The van der Waals surface area contributed by atoms with E-state index < -0.39 is 18.1 Å². The van der Waals surface area contributed by atoms with Crippen LogP contribution in [0.5, 0.6) is 0 Å². The zero-order valence-electron chi connectivity index (χ0n) is 19.5. The van der Waals surface area contributed by atoms with Gasteiger partial charge in [-0.05, 0) is 36.1 Å². The Morgan fingerprint density at radius 2 is 1.67 bits per heavy atom. The van der Waals surface area contributed by atoms with Crippen molar-refractivity contribution < 1.29 is 19.4 Å². The van der Waals surface area contributed by atoms with Crippen molar-refractivity contribution in [2.75, 3.05) is 19.7 Å². The van der Waals surface area contributed by atoms with Crippen molar-refractivity contribution in [3.05, 3.63) is 59.7 Å². The molecule has 6 heteroatoms. The number of hydrogen-bond donors (Lipinski definition) is 2. The zero-order valence-corrected chi connectivity index (χ0v) is 19.5. The molecule has 6 nitrogen and oxygen atoms in total. The van der Waals surface area contributed by atoms with Gasteiger partial charge in [0.25, 0.3) is 0 Å². The molecule has 0 bridgehead atoms. The standard InChI is InChI=1S/C27H32N2O4/c1-4-5-6-11-16-29(20(3)26(30)31)17-19(2)28-27(32)33-18-25-23-14-9-7-12-21(23)22-13-8-10-15-24(22)25/h7-10,12-15,19-20,25H,4,11,16-18H2,1-3H3,(H,28,32)(H,30,31)/t19-,20+/m1/s1. The third-order valence-electron chi connectivity index (χ3n) is 5.95. The number of benzene rings is 2. The summed E-state index contributed by atoms with van der Waals surface area (Å²) >= 11 is 0. The van der Waals surface area contributed by atoms with Gasteiger partial charge in [-0.2, -0.15) is 0 Å². The predicted molar refractivity (Wildman–Crippen MR) is 129 cm³/mol. The largest absolute Gasteiger partial charge is 0.480 e. The molecule has 33 heavy (non-hydrogen) atoms. The Labute approximate surface area is 195 Å². The minimum absolute atomic E-state index is 0.000808. The second-order valence-corrected chi connectivity index (χ2v) is 8.34. The fourth-order valence-corrected chi connectivity index (χ4v) is 4.25. The SMILES string of the molecule is CCC#CCCN(C[C@@H](C)NC(=O)OCC1c2ccccc2-c2ccccc21)[C@@H](C)C(=O)O. The van der Waals surface area contributed by atoms with E-state index in [9.17, 15) is 14.7 Å². The van der Waals surface area contributed by atoms with Crippen molar-refractivity contribution in [1.29, 1.82) is 0 Å². The fourth-order valence-electron chi connectivity index (χ4n) is 4.25. The van der Waals surface area contributed by atoms with Crippen LogP contribution in [0.2, 0.25) is 0 Å². The van der Waals surface area contributed by atoms with E-state index in [0.29, 0.717) is 19.5 Å². The first-order valence-corrected chi connectivity index (χ1v) is 11.5. The smallest absolute Gasteiger partial charge is 0.407 e. The highest BCUT2D eigenvalue weighted by Crippen LogP contribution is 2.44. The molecular weight excluding hydrogens is 416 g/mol. The minimum Gasteiger partial charge on any atom is -0.480 e. The number of nitrogens with zero attached hydrogens (tertiary/aromatic N) is 1. The highest BCUT2D eigenvalue weighted by atomic mass is 16.5. The van der Waals surface area contributed by atoms with Crippen LogP contribution in [-0.2, 0) is 9.53 Å². The number of rotatable bonds is 9. The number of hydrogen-bond acceptors (Lipinski definition) is 4. The van der Waals surface area contributed by atoms with Crippen LogP contribution in [0, 0.1) is 11.8 Å². The number of nitrogens with one attached hydrogen (secondary N) is 1. The molecule has 1 aliphatic rings. The molecule has 1 amide bonds. The van der Waals surface area contributed by atoms with Crippen LogP contribution < -0.4 is 5.32 Å². The molecule has 0 unspecified atom stereocenters. The summed E-state index contributed by atoms with van der Waals surface area (Å²) in [5.41, 5.74) is 4.68. The van der Waals surface area contributed by atoms with Crippen molar-refractivity contribution in [2.45, 2.75) is 51.6 Å². The second-order valence-electron chi connectivity index (χ2n) is 8.34. The first kappa shape index (κ1) is 24.3. The maximum Gasteiger partial charge on any atom is 0.407 e. The lowest BCUT2D eigenvalue weighted by Crippen LogP contribution is -2.48. The first-order valence-electron chi connectivity index (χ1n) is 11.5. The van der Waals surface area contributed by atoms with E-state index in [1.807, 2.05) is 43.0 Å². The summed E-state index contributed by atoms with van der Waals surface area (Å²) < 4.78 is 5.61. The monoisotopic (exact) mass is 448 g/mol. The van der Waals surface area contributed by atoms with E-state index in [1.165, 1.54) is 11.1 Å². The zero-order chi connectivity index (χ0) is 23.8. The number of fused-ring (bicyclic) bond motifs is 3. The Morgan fingerprint density at radius 1 is 1.06 bits per heavy atom. The second kappa shape index (κ2) is 11.5. The number of carboxylic acid groups (broad SMARTS) is 1. The molecule has 0 fully saturated rings. The number of carbonyl (C=O) groups is 2. The minimum atomic E-state index is -0.896. The Hall–Kier alpha value is -3.30. The first-order chi connectivity index (χ1) is 15.9. The molecule has 2 N–H and O–H groups in total. The number of carboxylic acids is 1. The lowest BCUT2D eigenvalue weighted by Gasteiger charge is -2.28. The third-order valence-corrected chi connectivity index (χ3v) is 5.95. The van der Waals surface area contributed by atoms with Crippen LogP contribution in [0.15, 0.2) is 48.5 Å². The maximum absolute atomic E-state index is 12.5. The van der Waals surface area contributed by atoms with Crippen LogP contribution in [0.3, 0.4) is 0 Å². The molecule has 0 saturated heterocycles. The molecule has 2 aromatic rings. The number of aliphatic carboxylic acids is 1. The van der Waals surface area contributed by atoms with Gasteiger partial charge in [-0.15, -0.1) is 11.8 Å². The molecule has 0 aliphatic heterocycles. The van der Waals surface area contributed by atoms with E-state index in [-0.39, 0.29) is 18.6 Å². The van der Waals surface area contributed by atoms with Crippen molar-refractivity contribution in [3.63, 3.8) is 0 Å². The Morgan fingerprint density at radius 3 is 2.24 bits per heavy atom. The molecule has 0 radical (unpaired) electrons. The molecule has 2 atom stereocenters. The van der Waals surface area contributed by atoms with E-state index in [2.05, 4.69) is 41.4 Å². The third kappa shape index (κ3) is 6.15. The molecule has 0 saturated carbocycles. The van der Waals surface area contributed by atoms with E-state index in [4.69, 9.17) is 4.74 Å². The highest BCUT2D eigenvalue weighted by Gasteiger charge is 2.29. The summed E-state index contributed by atoms with van der Waals surface area (Å²) in [4.78, 5) is 25.8. The normalized spacial score (nSPS) is 13.9. The molecule has 1 aliphatic carbocycles. The Bertz CT molecular complexity index is 994. The van der Waals surface area contributed by atoms with Crippen molar-refractivity contribution >= 4 is 12.1 Å². The van der Waals surface area contributed by atoms with Crippen molar-refractivity contribution in [2.24, 2.45) is 0 Å². The quantitative estimate of drug-likeness (QED) is 0.553. The number of ether oxygens (including phenoxy) is 1. The molecule has 174 valence electrons. The van der Waals surface area contributed by atoms with Crippen molar-refractivity contribution in [3.8, 4) is 23.0 Å². The average Bonchev–Trinajstić information content (AvgIpc) is 3.13. The van der Waals surface area contributed by atoms with Gasteiger partial charge in [0.2, 0.25) is 0 Å². The topological polar surface area (TPSA) is 78.9 Å². The Kier molecular flexibility index (Phi) is 8.51. The van der Waals surface area contributed by atoms with Gasteiger partial charge in [-0.3, -0.25) is 9.69 Å². The van der Waals surface area contributed by atoms with E-state index in [1.54, 1.807) is 6.92 Å². The van der Waals surface area contributed by atoms with Crippen LogP contribution in [-0.4, -0.2) is 53.8 Å². The maximum atomic E-state index is 12.5. The summed E-state index contributed by atoms with van der Waals surface area (Å²) in [5, 5.41) is 12.3. The highest BCUT2D eigenvalue weighted by molar-refractivity contribution is 5.79. The summed E-state index contributed by atoms with van der Waals surface area (Å²) in [6.45, 7) is 6.64. The van der Waals surface area contributed by atoms with Gasteiger partial charge in [0.1, 0.15) is 12.6 Å². The van der Waals surface area contributed by atoms with Crippen molar-refractivity contribution in [1.82, 2.24) is 10.2 Å². The molecule has 3 rings (SSSR count). The van der Waals surface area contributed by atoms with Gasteiger partial charge in [0, 0.05) is 37.9 Å². The van der Waals surface area contributed by atoms with Gasteiger partial charge >= 0.3 is 12.1 Å². The summed E-state index contributed by atoms with van der Waals surface area (Å²) in [7, 11) is 0. The molecular formula is C27H32N2O4. The van der Waals surface area contributed by atoms with Gasteiger partial charge < -0.3 is 15.2 Å². The molecule has 2 aromatic carbocycles. The number of alkyl carbamates (subject to hydrolysis) is 1. The fraction of sp³-hybridized carbons (Fsp3) is 0.407. The summed E-state index contributed by atoms with van der Waals surface area (Å²) in [5.74, 6) is 5.15. The molecule has 0 heterocycles. The lowest BCUT2D eigenvalue weighted by atomic mass is 9.98. The molecule has 0 aromatic heterocycles. The van der Waals surface area contributed by atoms with E-state index in [0.717, 1.165) is 17.5 Å². The summed E-state index contributed by atoms with van der Waals surface area (Å²) in [6, 6.07) is 15.5. The summed E-state index contributed by atoms with van der Waals surface area (Å²) in [6.07, 6.45) is 0.857. The van der Waals surface area contributed by atoms with Gasteiger partial charge in [-0.1, -0.05) is 55.5 Å². The van der Waals surface area contributed by atoms with E-state index >= 15 is 0 Å². The average molecular weight is 449 g/mol. The van der Waals surface area contributed by atoms with Gasteiger partial charge in [-0.25, -0.2) is 4.79 Å². The number of carbonyl (C=O) groups excluding carboxylic acids is 1. The van der Waals surface area contributed by atoms with Gasteiger partial charge in [0.15, 0.2) is 0 Å². The molecule has 0 spiro atoms. The van der Waals surface area contributed by atoms with Crippen LogP contribution in [0.4, 0.5) is 4.79 Å². The Balaban J connectivity index is 1.57. The van der Waals surface area contributed by atoms with Crippen LogP contribution >= 0.6 is 0 Å². The number of amides is 1.